The van der Waals surface area contributed by atoms with Crippen LogP contribution in [-0.4, -0.2) is 35.8 Å². The highest BCUT2D eigenvalue weighted by Crippen LogP contribution is 2.24. The average Bonchev–Trinajstić information content (AvgIpc) is 2.41. The Balaban J connectivity index is 1.95. The summed E-state index contributed by atoms with van der Waals surface area (Å²) in [6.07, 6.45) is 0.839. The molecule has 0 saturated carbocycles. The predicted molar refractivity (Wildman–Crippen MR) is 70.7 cm³/mol. The second-order valence-electron chi connectivity index (χ2n) is 4.88. The number of nitrogens with one attached hydrogen (secondary N) is 1. The van der Waals surface area contributed by atoms with Crippen molar-refractivity contribution in [3.63, 3.8) is 0 Å². The van der Waals surface area contributed by atoms with E-state index in [2.05, 4.69) is 10.3 Å². The highest BCUT2D eigenvalue weighted by atomic mass is 16.2. The van der Waals surface area contributed by atoms with Crippen molar-refractivity contribution in [2.45, 2.75) is 19.3 Å². The molecule has 1 N–H and O–H groups in total. The second-order valence-corrected chi connectivity index (χ2v) is 4.88. The fourth-order valence-corrected chi connectivity index (χ4v) is 2.43. The Kier molecular flexibility index (Phi) is 2.81. The molecule has 0 bridgehead atoms. The summed E-state index contributed by atoms with van der Waals surface area (Å²) in [7, 11) is 0. The van der Waals surface area contributed by atoms with Crippen LogP contribution in [0.2, 0.25) is 0 Å². The lowest BCUT2D eigenvalue weighted by molar-refractivity contribution is -0.137. The number of nitrogens with zero attached hydrogens (tertiary/aromatic N) is 2. The number of carbonyl (C=O) groups excluding carboxylic acids is 2. The average molecular weight is 257 g/mol. The molecule has 98 valence electrons. The number of hydrogen-bond donors (Lipinski definition) is 1. The Morgan fingerprint density at radius 2 is 2.00 bits per heavy atom. The number of fused-ring (bicyclic) bond motifs is 1. The highest BCUT2D eigenvalue weighted by molar-refractivity contribution is 6.20. The number of benzene rings is 1. The SMILES string of the molecule is Cc1ccc(C2C(=O)NC3=NCCCN3C2=O)cc1. The number of carbonyl (C=O) groups is 2. The molecule has 1 aromatic carbocycles. The van der Waals surface area contributed by atoms with Gasteiger partial charge in [0, 0.05) is 13.1 Å². The summed E-state index contributed by atoms with van der Waals surface area (Å²) < 4.78 is 0. The summed E-state index contributed by atoms with van der Waals surface area (Å²) >= 11 is 0. The van der Waals surface area contributed by atoms with Crippen LogP contribution in [0.5, 0.6) is 0 Å². The van der Waals surface area contributed by atoms with E-state index in [0.717, 1.165) is 17.5 Å². The van der Waals surface area contributed by atoms with E-state index in [1.807, 2.05) is 31.2 Å². The van der Waals surface area contributed by atoms with E-state index in [1.165, 1.54) is 0 Å². The number of amides is 2. The van der Waals surface area contributed by atoms with Gasteiger partial charge in [0.2, 0.25) is 17.8 Å². The molecule has 2 aliphatic heterocycles. The van der Waals surface area contributed by atoms with Gasteiger partial charge in [-0.2, -0.15) is 0 Å². The van der Waals surface area contributed by atoms with Gasteiger partial charge in [0.1, 0.15) is 5.92 Å². The maximum absolute atomic E-state index is 12.4. The zero-order chi connectivity index (χ0) is 13.4. The standard InChI is InChI=1S/C14H15N3O2/c1-9-3-5-10(6-4-9)11-12(18)16-14-15-7-2-8-17(14)13(11)19/h3-6,11H,2,7-8H2,1H3,(H,15,16,18). The van der Waals surface area contributed by atoms with Gasteiger partial charge in [-0.3, -0.25) is 24.8 Å². The molecule has 0 spiro atoms. The van der Waals surface area contributed by atoms with E-state index in [1.54, 1.807) is 4.90 Å². The quantitative estimate of drug-likeness (QED) is 0.756. The van der Waals surface area contributed by atoms with E-state index in [4.69, 9.17) is 0 Å². The predicted octanol–water partition coefficient (Wildman–Crippen LogP) is 0.797. The third-order valence-electron chi connectivity index (χ3n) is 3.48. The molecule has 1 aromatic rings. The molecule has 1 fully saturated rings. The van der Waals surface area contributed by atoms with Crippen molar-refractivity contribution in [3.05, 3.63) is 35.4 Å². The molecule has 2 heterocycles. The largest absolute Gasteiger partial charge is 0.295 e. The Hall–Kier alpha value is -2.17. The van der Waals surface area contributed by atoms with E-state index >= 15 is 0 Å². The first-order valence-corrected chi connectivity index (χ1v) is 6.40. The molecule has 0 radical (unpaired) electrons. The zero-order valence-corrected chi connectivity index (χ0v) is 10.7. The normalized spacial score (nSPS) is 22.7. The lowest BCUT2D eigenvalue weighted by atomic mass is 9.94. The molecule has 3 rings (SSSR count). The van der Waals surface area contributed by atoms with Gasteiger partial charge in [-0.1, -0.05) is 29.8 Å². The van der Waals surface area contributed by atoms with Gasteiger partial charge in [-0.15, -0.1) is 0 Å². The lowest BCUT2D eigenvalue weighted by Crippen LogP contribution is -2.59. The molecule has 1 saturated heterocycles. The van der Waals surface area contributed by atoms with Crippen LogP contribution in [0.25, 0.3) is 0 Å². The molecule has 0 aromatic heterocycles. The monoisotopic (exact) mass is 257 g/mol. The molecule has 5 heteroatoms. The maximum atomic E-state index is 12.4. The van der Waals surface area contributed by atoms with Gasteiger partial charge < -0.3 is 0 Å². The molecule has 2 amide bonds. The lowest BCUT2D eigenvalue weighted by Gasteiger charge is -2.35. The van der Waals surface area contributed by atoms with Gasteiger partial charge >= 0.3 is 0 Å². The summed E-state index contributed by atoms with van der Waals surface area (Å²) in [5.74, 6) is -0.806. The van der Waals surface area contributed by atoms with Gasteiger partial charge in [0.25, 0.3) is 0 Å². The fraction of sp³-hybridized carbons (Fsp3) is 0.357. The van der Waals surface area contributed by atoms with Gasteiger partial charge in [-0.25, -0.2) is 0 Å². The molecule has 2 aliphatic rings. The first-order valence-electron chi connectivity index (χ1n) is 6.40. The first-order chi connectivity index (χ1) is 9.16. The van der Waals surface area contributed by atoms with Crippen molar-refractivity contribution in [3.8, 4) is 0 Å². The van der Waals surface area contributed by atoms with Crippen LogP contribution in [0.3, 0.4) is 0 Å². The van der Waals surface area contributed by atoms with Gasteiger partial charge in [0.05, 0.1) is 0 Å². The van der Waals surface area contributed by atoms with Crippen LogP contribution in [-0.2, 0) is 9.59 Å². The summed E-state index contributed by atoms with van der Waals surface area (Å²) in [5.41, 5.74) is 1.84. The molecule has 1 unspecified atom stereocenters. The fourth-order valence-electron chi connectivity index (χ4n) is 2.43. The number of hydrogen-bond acceptors (Lipinski definition) is 3. The molecule has 0 aliphatic carbocycles. The van der Waals surface area contributed by atoms with Crippen LogP contribution < -0.4 is 5.32 Å². The third kappa shape index (κ3) is 2.01. The minimum Gasteiger partial charge on any atom is -0.295 e. The number of aryl methyl sites for hydroxylation is 1. The molecular weight excluding hydrogens is 242 g/mol. The summed E-state index contributed by atoms with van der Waals surface area (Å²) in [5, 5.41) is 2.73. The molecule has 5 nitrogen and oxygen atoms in total. The van der Waals surface area contributed by atoms with Crippen LogP contribution >= 0.6 is 0 Å². The number of guanidine groups is 1. The number of rotatable bonds is 1. The van der Waals surface area contributed by atoms with Crippen LogP contribution in [0.1, 0.15) is 23.5 Å². The highest BCUT2D eigenvalue weighted by Gasteiger charge is 2.40. The van der Waals surface area contributed by atoms with E-state index in [-0.39, 0.29) is 11.8 Å². The topological polar surface area (TPSA) is 61.8 Å². The van der Waals surface area contributed by atoms with Crippen LogP contribution in [0, 0.1) is 6.92 Å². The van der Waals surface area contributed by atoms with Crippen molar-refractivity contribution in [1.82, 2.24) is 10.2 Å². The minimum absolute atomic E-state index is 0.175. The number of aliphatic imine (C=N–C) groups is 1. The van der Waals surface area contributed by atoms with Crippen LogP contribution in [0.15, 0.2) is 29.3 Å². The Bertz CT molecular complexity index is 563. The molecule has 19 heavy (non-hydrogen) atoms. The van der Waals surface area contributed by atoms with Crippen molar-refractivity contribution >= 4 is 17.8 Å². The van der Waals surface area contributed by atoms with E-state index in [0.29, 0.717) is 19.0 Å². The van der Waals surface area contributed by atoms with Crippen molar-refractivity contribution in [1.29, 1.82) is 0 Å². The second kappa shape index (κ2) is 4.50. The smallest absolute Gasteiger partial charge is 0.246 e. The van der Waals surface area contributed by atoms with Crippen molar-refractivity contribution in [2.24, 2.45) is 4.99 Å². The van der Waals surface area contributed by atoms with E-state index in [9.17, 15) is 9.59 Å². The first kappa shape index (κ1) is 11.9. The molecule has 1 atom stereocenters. The van der Waals surface area contributed by atoms with Crippen molar-refractivity contribution < 1.29 is 9.59 Å². The Morgan fingerprint density at radius 1 is 1.26 bits per heavy atom. The minimum atomic E-state index is -0.752. The Morgan fingerprint density at radius 3 is 2.74 bits per heavy atom. The summed E-state index contributed by atoms with van der Waals surface area (Å²) in [6.45, 7) is 3.26. The molecular formula is C14H15N3O2. The van der Waals surface area contributed by atoms with Crippen LogP contribution in [0.4, 0.5) is 0 Å². The maximum Gasteiger partial charge on any atom is 0.246 e. The third-order valence-corrected chi connectivity index (χ3v) is 3.48. The van der Waals surface area contributed by atoms with Gasteiger partial charge in [0.15, 0.2) is 0 Å². The van der Waals surface area contributed by atoms with E-state index < -0.39 is 5.92 Å². The van der Waals surface area contributed by atoms with Gasteiger partial charge in [-0.05, 0) is 18.9 Å². The summed E-state index contributed by atoms with van der Waals surface area (Å²) in [6, 6.07) is 7.50. The Labute approximate surface area is 111 Å². The van der Waals surface area contributed by atoms with Crippen molar-refractivity contribution in [2.75, 3.05) is 13.1 Å². The summed E-state index contributed by atoms with van der Waals surface area (Å²) in [4.78, 5) is 30.3. The zero-order valence-electron chi connectivity index (χ0n) is 10.7.